The summed E-state index contributed by atoms with van der Waals surface area (Å²) in [5.74, 6) is 0.669. The number of anilines is 1. The van der Waals surface area contributed by atoms with Gasteiger partial charge in [-0.15, -0.1) is 24.8 Å². The zero-order valence-corrected chi connectivity index (χ0v) is 17.4. The van der Waals surface area contributed by atoms with Crippen molar-refractivity contribution in [1.82, 2.24) is 15.2 Å². The Bertz CT molecular complexity index is 716. The quantitative estimate of drug-likeness (QED) is 0.730. The van der Waals surface area contributed by atoms with E-state index >= 15 is 0 Å². The number of rotatable bonds is 4. The van der Waals surface area contributed by atoms with E-state index in [2.05, 4.69) is 15.6 Å². The molecule has 1 aliphatic heterocycles. The lowest BCUT2D eigenvalue weighted by Crippen LogP contribution is -2.57. The maximum Gasteiger partial charge on any atom is 0.322 e. The molecule has 6 nitrogen and oxygen atoms in total. The van der Waals surface area contributed by atoms with Crippen LogP contribution >= 0.6 is 48.0 Å². The number of nitrogens with one attached hydrogen (secondary N) is 2. The number of nitrogens with zero attached hydrogens (tertiary/aromatic N) is 2. The van der Waals surface area contributed by atoms with Gasteiger partial charge < -0.3 is 20.3 Å². The lowest BCUT2D eigenvalue weighted by molar-refractivity contribution is 0.133. The number of benzene rings is 1. The van der Waals surface area contributed by atoms with Gasteiger partial charge in [0, 0.05) is 25.8 Å². The molecule has 0 spiro atoms. The summed E-state index contributed by atoms with van der Waals surface area (Å²) in [6.45, 7) is 2.29. The molecule has 1 aromatic heterocycles. The van der Waals surface area contributed by atoms with E-state index in [0.29, 0.717) is 47.7 Å². The summed E-state index contributed by atoms with van der Waals surface area (Å²) in [5, 5.41) is 6.88. The Morgan fingerprint density at radius 3 is 2.67 bits per heavy atom. The molecule has 3 rings (SSSR count). The number of para-hydroxylation sites is 1. The number of piperazine rings is 1. The lowest BCUT2D eigenvalue weighted by Gasteiger charge is -2.36. The average molecular weight is 454 g/mol. The largest absolute Gasteiger partial charge is 0.490 e. The first kappa shape index (κ1) is 23.6. The van der Waals surface area contributed by atoms with Crippen LogP contribution in [0.5, 0.6) is 5.75 Å². The van der Waals surface area contributed by atoms with Gasteiger partial charge in [-0.05, 0) is 24.3 Å². The van der Waals surface area contributed by atoms with Gasteiger partial charge in [-0.1, -0.05) is 29.3 Å². The number of carbonyl (C=O) groups is 1. The maximum absolute atomic E-state index is 12.7. The van der Waals surface area contributed by atoms with Crippen molar-refractivity contribution in [2.24, 2.45) is 0 Å². The fourth-order valence-corrected chi connectivity index (χ4v) is 3.09. The maximum atomic E-state index is 12.7. The highest BCUT2D eigenvalue weighted by atomic mass is 35.5. The topological polar surface area (TPSA) is 66.5 Å². The molecule has 2 heterocycles. The SMILES string of the molecule is Cl.Cl.O=C(Nc1c(Cl)cccc1Cl)N1CCNCC1COc1cccnc1. The summed E-state index contributed by atoms with van der Waals surface area (Å²) in [4.78, 5) is 18.4. The Morgan fingerprint density at radius 2 is 2.00 bits per heavy atom. The molecule has 0 saturated carbocycles. The summed E-state index contributed by atoms with van der Waals surface area (Å²) >= 11 is 12.3. The summed E-state index contributed by atoms with van der Waals surface area (Å²) in [6, 6.07) is 8.37. The zero-order valence-electron chi connectivity index (χ0n) is 14.2. The third-order valence-corrected chi connectivity index (χ3v) is 4.51. The number of halogens is 4. The van der Waals surface area contributed by atoms with Crippen LogP contribution in [0.4, 0.5) is 10.5 Å². The van der Waals surface area contributed by atoms with E-state index in [1.54, 1.807) is 41.6 Å². The second-order valence-electron chi connectivity index (χ2n) is 5.58. The molecule has 2 N–H and O–H groups in total. The number of ether oxygens (including phenoxy) is 1. The molecule has 1 fully saturated rings. The molecule has 0 radical (unpaired) electrons. The molecule has 1 aromatic carbocycles. The van der Waals surface area contributed by atoms with Gasteiger partial charge in [0.25, 0.3) is 0 Å². The van der Waals surface area contributed by atoms with Gasteiger partial charge in [0.15, 0.2) is 0 Å². The highest BCUT2D eigenvalue weighted by Crippen LogP contribution is 2.30. The predicted octanol–water partition coefficient (Wildman–Crippen LogP) is 4.12. The molecule has 2 aromatic rings. The van der Waals surface area contributed by atoms with Gasteiger partial charge in [-0.2, -0.15) is 0 Å². The number of hydrogen-bond acceptors (Lipinski definition) is 4. The Balaban J connectivity index is 0.00000182. The molecule has 10 heteroatoms. The van der Waals surface area contributed by atoms with Gasteiger partial charge in [0.2, 0.25) is 0 Å². The zero-order chi connectivity index (χ0) is 17.6. The standard InChI is InChI=1S/C17H18Cl2N4O2.2ClH/c18-14-4-1-5-15(19)16(14)22-17(24)23-8-7-21-9-12(23)11-25-13-3-2-6-20-10-13;;/h1-6,10,12,21H,7-9,11H2,(H,22,24);2*1H. The minimum Gasteiger partial charge on any atom is -0.490 e. The summed E-state index contributed by atoms with van der Waals surface area (Å²) in [7, 11) is 0. The van der Waals surface area contributed by atoms with Crippen LogP contribution in [0, 0.1) is 0 Å². The molecule has 0 bridgehead atoms. The smallest absolute Gasteiger partial charge is 0.322 e. The van der Waals surface area contributed by atoms with Gasteiger partial charge in [0.05, 0.1) is 28.0 Å². The normalized spacial score (nSPS) is 15.9. The lowest BCUT2D eigenvalue weighted by atomic mass is 10.2. The van der Waals surface area contributed by atoms with E-state index < -0.39 is 0 Å². The Kier molecular flexibility index (Phi) is 9.98. The Morgan fingerprint density at radius 1 is 1.26 bits per heavy atom. The third kappa shape index (κ3) is 6.30. The third-order valence-electron chi connectivity index (χ3n) is 3.88. The fourth-order valence-electron chi connectivity index (χ4n) is 2.60. The van der Waals surface area contributed by atoms with Crippen molar-refractivity contribution in [3.05, 3.63) is 52.8 Å². The molecule has 1 aliphatic rings. The Hall–Kier alpha value is -1.44. The van der Waals surface area contributed by atoms with Crippen LogP contribution in [0.25, 0.3) is 0 Å². The molecule has 2 amide bonds. The number of hydrogen-bond donors (Lipinski definition) is 2. The van der Waals surface area contributed by atoms with Gasteiger partial charge in [-0.25, -0.2) is 4.79 Å². The van der Waals surface area contributed by atoms with Crippen LogP contribution in [0.15, 0.2) is 42.7 Å². The summed E-state index contributed by atoms with van der Waals surface area (Å²) < 4.78 is 5.75. The molecule has 1 atom stereocenters. The molecule has 1 unspecified atom stereocenters. The minimum absolute atomic E-state index is 0. The highest BCUT2D eigenvalue weighted by molar-refractivity contribution is 6.39. The van der Waals surface area contributed by atoms with Gasteiger partial charge in [-0.3, -0.25) is 4.98 Å². The van der Waals surface area contributed by atoms with Crippen LogP contribution < -0.4 is 15.4 Å². The van der Waals surface area contributed by atoms with Gasteiger partial charge >= 0.3 is 6.03 Å². The van der Waals surface area contributed by atoms with E-state index in [1.165, 1.54) is 0 Å². The first-order valence-electron chi connectivity index (χ1n) is 7.90. The monoisotopic (exact) mass is 452 g/mol. The average Bonchev–Trinajstić information content (AvgIpc) is 2.64. The van der Waals surface area contributed by atoms with Crippen LogP contribution in [-0.2, 0) is 0 Å². The molecule has 27 heavy (non-hydrogen) atoms. The fraction of sp³-hybridized carbons (Fsp3) is 0.294. The molecule has 148 valence electrons. The van der Waals surface area contributed by atoms with E-state index in [9.17, 15) is 4.79 Å². The summed E-state index contributed by atoms with van der Waals surface area (Å²) in [5.41, 5.74) is 0.418. The minimum atomic E-state index is -0.253. The molecule has 0 aliphatic carbocycles. The summed E-state index contributed by atoms with van der Waals surface area (Å²) in [6.07, 6.45) is 3.33. The number of urea groups is 1. The van der Waals surface area contributed by atoms with Crippen LogP contribution in [0.3, 0.4) is 0 Å². The van der Waals surface area contributed by atoms with Crippen LogP contribution in [-0.4, -0.2) is 48.2 Å². The van der Waals surface area contributed by atoms with E-state index in [4.69, 9.17) is 27.9 Å². The van der Waals surface area contributed by atoms with Crippen LogP contribution in [0.1, 0.15) is 0 Å². The second-order valence-corrected chi connectivity index (χ2v) is 6.39. The number of amides is 2. The predicted molar refractivity (Wildman–Crippen MR) is 113 cm³/mol. The molecule has 1 saturated heterocycles. The van der Waals surface area contributed by atoms with Crippen molar-refractivity contribution in [3.8, 4) is 5.75 Å². The van der Waals surface area contributed by atoms with Crippen molar-refractivity contribution in [2.45, 2.75) is 6.04 Å². The van der Waals surface area contributed by atoms with Crippen molar-refractivity contribution in [1.29, 1.82) is 0 Å². The van der Waals surface area contributed by atoms with E-state index in [0.717, 1.165) is 0 Å². The number of pyridine rings is 1. The van der Waals surface area contributed by atoms with E-state index in [-0.39, 0.29) is 36.9 Å². The first-order chi connectivity index (χ1) is 12.1. The molecular formula is C17H20Cl4N4O2. The molecular weight excluding hydrogens is 434 g/mol. The van der Waals surface area contributed by atoms with Crippen LogP contribution in [0.2, 0.25) is 10.0 Å². The highest BCUT2D eigenvalue weighted by Gasteiger charge is 2.28. The van der Waals surface area contributed by atoms with Crippen molar-refractivity contribution >= 4 is 59.7 Å². The Labute approximate surface area is 180 Å². The number of aromatic nitrogens is 1. The van der Waals surface area contributed by atoms with Crippen molar-refractivity contribution in [3.63, 3.8) is 0 Å². The van der Waals surface area contributed by atoms with Crippen molar-refractivity contribution < 1.29 is 9.53 Å². The van der Waals surface area contributed by atoms with E-state index in [1.807, 2.05) is 6.07 Å². The second kappa shape index (κ2) is 11.4. The van der Waals surface area contributed by atoms with Gasteiger partial charge in [0.1, 0.15) is 12.4 Å². The number of carbonyl (C=O) groups excluding carboxylic acids is 1. The first-order valence-corrected chi connectivity index (χ1v) is 8.66. The van der Waals surface area contributed by atoms with Crippen molar-refractivity contribution in [2.75, 3.05) is 31.6 Å².